The van der Waals surface area contributed by atoms with Crippen molar-refractivity contribution in [2.24, 2.45) is 0 Å². The zero-order chi connectivity index (χ0) is 14.0. The predicted molar refractivity (Wildman–Crippen MR) is 77.9 cm³/mol. The quantitative estimate of drug-likeness (QED) is 0.838. The van der Waals surface area contributed by atoms with Crippen LogP contribution < -0.4 is 11.5 Å². The number of aromatic nitrogens is 1. The summed E-state index contributed by atoms with van der Waals surface area (Å²) < 4.78 is 0. The summed E-state index contributed by atoms with van der Waals surface area (Å²) in [6.45, 7) is 2.47. The molecule has 2 rings (SSSR count). The first-order valence-corrected chi connectivity index (χ1v) is 6.60. The number of thiazole rings is 1. The molecule has 19 heavy (non-hydrogen) atoms. The van der Waals surface area contributed by atoms with E-state index in [1.165, 1.54) is 0 Å². The van der Waals surface area contributed by atoms with Crippen molar-refractivity contribution in [1.29, 1.82) is 0 Å². The largest absolute Gasteiger partial charge is 0.399 e. The third-order valence-corrected chi connectivity index (χ3v) is 3.53. The van der Waals surface area contributed by atoms with Gasteiger partial charge in [-0.15, -0.1) is 11.3 Å². The third kappa shape index (κ3) is 3.23. The molecule has 1 aromatic carbocycles. The van der Waals surface area contributed by atoms with E-state index in [1.54, 1.807) is 47.7 Å². The van der Waals surface area contributed by atoms with Gasteiger partial charge in [0.25, 0.3) is 5.91 Å². The summed E-state index contributed by atoms with van der Waals surface area (Å²) in [5, 5.41) is 0.990. The summed E-state index contributed by atoms with van der Waals surface area (Å²) in [5.41, 5.74) is 12.9. The van der Waals surface area contributed by atoms with Crippen LogP contribution in [0.3, 0.4) is 0 Å². The van der Waals surface area contributed by atoms with Gasteiger partial charge < -0.3 is 16.4 Å². The van der Waals surface area contributed by atoms with Crippen LogP contribution in [0.15, 0.2) is 24.4 Å². The smallest absolute Gasteiger partial charge is 0.254 e. The second-order valence-electron chi connectivity index (χ2n) is 4.40. The number of amides is 1. The van der Waals surface area contributed by atoms with Crippen LogP contribution in [0.2, 0.25) is 0 Å². The molecule has 100 valence electrons. The molecule has 0 saturated heterocycles. The Morgan fingerprint density at radius 3 is 2.47 bits per heavy atom. The van der Waals surface area contributed by atoms with Gasteiger partial charge in [-0.25, -0.2) is 4.98 Å². The van der Waals surface area contributed by atoms with Crippen LogP contribution in [0, 0.1) is 6.92 Å². The molecule has 1 amide bonds. The molecule has 4 N–H and O–H groups in total. The normalized spacial score (nSPS) is 10.4. The van der Waals surface area contributed by atoms with Crippen LogP contribution in [-0.4, -0.2) is 22.8 Å². The van der Waals surface area contributed by atoms with E-state index in [0.29, 0.717) is 23.5 Å². The van der Waals surface area contributed by atoms with Gasteiger partial charge in [-0.3, -0.25) is 4.79 Å². The van der Waals surface area contributed by atoms with Gasteiger partial charge in [-0.1, -0.05) is 0 Å². The Kier molecular flexibility index (Phi) is 3.71. The van der Waals surface area contributed by atoms with Crippen molar-refractivity contribution in [3.8, 4) is 0 Å². The maximum absolute atomic E-state index is 12.3. The van der Waals surface area contributed by atoms with E-state index < -0.39 is 0 Å². The van der Waals surface area contributed by atoms with Crippen molar-refractivity contribution in [3.05, 3.63) is 39.8 Å². The topological polar surface area (TPSA) is 85.2 Å². The summed E-state index contributed by atoms with van der Waals surface area (Å²) in [5.74, 6) is -0.106. The fourth-order valence-corrected chi connectivity index (χ4v) is 2.65. The maximum Gasteiger partial charge on any atom is 0.254 e. The van der Waals surface area contributed by atoms with Crippen molar-refractivity contribution in [2.45, 2.75) is 13.5 Å². The van der Waals surface area contributed by atoms with E-state index in [1.807, 2.05) is 6.92 Å². The molecule has 5 nitrogen and oxygen atoms in total. The molecule has 0 radical (unpaired) electrons. The van der Waals surface area contributed by atoms with E-state index in [0.717, 1.165) is 9.88 Å². The second-order valence-corrected chi connectivity index (χ2v) is 5.71. The van der Waals surface area contributed by atoms with Gasteiger partial charge in [-0.05, 0) is 25.1 Å². The van der Waals surface area contributed by atoms with Crippen LogP contribution in [0.1, 0.15) is 20.2 Å². The monoisotopic (exact) mass is 276 g/mol. The van der Waals surface area contributed by atoms with Crippen molar-refractivity contribution < 1.29 is 4.79 Å². The van der Waals surface area contributed by atoms with E-state index >= 15 is 0 Å². The van der Waals surface area contributed by atoms with Gasteiger partial charge in [-0.2, -0.15) is 0 Å². The Balaban J connectivity index is 2.14. The number of rotatable bonds is 3. The summed E-state index contributed by atoms with van der Waals surface area (Å²) in [4.78, 5) is 19.1. The lowest BCUT2D eigenvalue weighted by Crippen LogP contribution is -2.26. The SMILES string of the molecule is Cc1ncc(CN(C)C(=O)c2cc(N)cc(N)c2)s1. The van der Waals surface area contributed by atoms with E-state index in [4.69, 9.17) is 11.5 Å². The highest BCUT2D eigenvalue weighted by Gasteiger charge is 2.14. The predicted octanol–water partition coefficient (Wildman–Crippen LogP) is 1.89. The molecule has 0 aliphatic rings. The first kappa shape index (κ1) is 13.4. The Hall–Kier alpha value is -2.08. The average Bonchev–Trinajstić information content (AvgIpc) is 2.72. The molecule has 0 saturated carbocycles. The standard InChI is InChI=1S/C13H16N4OS/c1-8-16-6-12(19-8)7-17(2)13(18)9-3-10(14)5-11(15)4-9/h3-6H,7,14-15H2,1-2H3. The Labute approximate surface area is 115 Å². The average molecular weight is 276 g/mol. The highest BCUT2D eigenvalue weighted by molar-refractivity contribution is 7.11. The number of nitrogens with zero attached hydrogens (tertiary/aromatic N) is 2. The van der Waals surface area contributed by atoms with Gasteiger partial charge in [0.1, 0.15) is 0 Å². The molecule has 0 fully saturated rings. The minimum atomic E-state index is -0.106. The molecular weight excluding hydrogens is 260 g/mol. The van der Waals surface area contributed by atoms with E-state index in [2.05, 4.69) is 4.98 Å². The van der Waals surface area contributed by atoms with Gasteiger partial charge in [0.15, 0.2) is 0 Å². The van der Waals surface area contributed by atoms with E-state index in [-0.39, 0.29) is 5.91 Å². The van der Waals surface area contributed by atoms with Crippen LogP contribution in [0.4, 0.5) is 11.4 Å². The zero-order valence-electron chi connectivity index (χ0n) is 10.9. The molecule has 1 heterocycles. The third-order valence-electron chi connectivity index (χ3n) is 2.63. The molecule has 0 atom stereocenters. The van der Waals surface area contributed by atoms with Crippen LogP contribution >= 0.6 is 11.3 Å². The lowest BCUT2D eigenvalue weighted by molar-refractivity contribution is 0.0786. The highest BCUT2D eigenvalue weighted by atomic mass is 32.1. The lowest BCUT2D eigenvalue weighted by Gasteiger charge is -2.16. The fraction of sp³-hybridized carbons (Fsp3) is 0.231. The minimum absolute atomic E-state index is 0.106. The minimum Gasteiger partial charge on any atom is -0.399 e. The summed E-state index contributed by atoms with van der Waals surface area (Å²) in [6, 6.07) is 4.89. The number of hydrogen-bond donors (Lipinski definition) is 2. The van der Waals surface area contributed by atoms with Gasteiger partial charge in [0.2, 0.25) is 0 Å². The van der Waals surface area contributed by atoms with E-state index in [9.17, 15) is 4.79 Å². The molecule has 0 aliphatic carbocycles. The first-order valence-electron chi connectivity index (χ1n) is 5.78. The van der Waals surface area contributed by atoms with Crippen molar-refractivity contribution >= 4 is 28.6 Å². The molecular formula is C13H16N4OS. The number of anilines is 2. The number of benzene rings is 1. The second kappa shape index (κ2) is 5.27. The molecule has 0 bridgehead atoms. The van der Waals surface area contributed by atoms with Crippen LogP contribution in [0.5, 0.6) is 0 Å². The van der Waals surface area contributed by atoms with Gasteiger partial charge in [0, 0.05) is 35.1 Å². The lowest BCUT2D eigenvalue weighted by atomic mass is 10.1. The molecule has 0 aliphatic heterocycles. The molecule has 6 heteroatoms. The molecule has 1 aromatic heterocycles. The zero-order valence-corrected chi connectivity index (χ0v) is 11.7. The first-order chi connectivity index (χ1) is 8.95. The number of nitrogen functional groups attached to an aromatic ring is 2. The molecule has 2 aromatic rings. The van der Waals surface area contributed by atoms with Crippen molar-refractivity contribution in [2.75, 3.05) is 18.5 Å². The number of carbonyl (C=O) groups is 1. The van der Waals surface area contributed by atoms with Crippen molar-refractivity contribution in [3.63, 3.8) is 0 Å². The maximum atomic E-state index is 12.3. The number of carbonyl (C=O) groups excluding carboxylic acids is 1. The number of hydrogen-bond acceptors (Lipinski definition) is 5. The summed E-state index contributed by atoms with van der Waals surface area (Å²) in [6.07, 6.45) is 1.79. The fourth-order valence-electron chi connectivity index (χ4n) is 1.80. The highest BCUT2D eigenvalue weighted by Crippen LogP contribution is 2.18. The number of aryl methyl sites for hydroxylation is 1. The Morgan fingerprint density at radius 2 is 1.95 bits per heavy atom. The summed E-state index contributed by atoms with van der Waals surface area (Å²) >= 11 is 1.58. The Bertz CT molecular complexity index is 588. The van der Waals surface area contributed by atoms with Gasteiger partial charge >= 0.3 is 0 Å². The molecule has 0 unspecified atom stereocenters. The number of nitrogens with two attached hydrogens (primary N) is 2. The van der Waals surface area contributed by atoms with Crippen LogP contribution in [-0.2, 0) is 6.54 Å². The van der Waals surface area contributed by atoms with Gasteiger partial charge in [0.05, 0.1) is 11.6 Å². The molecule has 0 spiro atoms. The van der Waals surface area contributed by atoms with Crippen molar-refractivity contribution in [1.82, 2.24) is 9.88 Å². The summed E-state index contributed by atoms with van der Waals surface area (Å²) in [7, 11) is 1.75. The van der Waals surface area contributed by atoms with Crippen LogP contribution in [0.25, 0.3) is 0 Å². The Morgan fingerprint density at radius 1 is 1.32 bits per heavy atom.